The second-order valence-corrected chi connectivity index (χ2v) is 6.39. The van der Waals surface area contributed by atoms with Gasteiger partial charge in [0.15, 0.2) is 0 Å². The molecule has 4 heteroatoms. The van der Waals surface area contributed by atoms with Gasteiger partial charge in [-0.1, -0.05) is 35.9 Å². The summed E-state index contributed by atoms with van der Waals surface area (Å²) in [5, 5.41) is 2.99. The van der Waals surface area contributed by atoms with Gasteiger partial charge >= 0.3 is 0 Å². The number of piperazine rings is 1. The van der Waals surface area contributed by atoms with Gasteiger partial charge in [-0.3, -0.25) is 9.69 Å². The molecular formula is C20H25N3O. The van der Waals surface area contributed by atoms with E-state index in [1.54, 1.807) is 0 Å². The van der Waals surface area contributed by atoms with Gasteiger partial charge < -0.3 is 10.2 Å². The van der Waals surface area contributed by atoms with E-state index in [9.17, 15) is 4.79 Å². The molecule has 1 aliphatic heterocycles. The maximum absolute atomic E-state index is 12.4. The third kappa shape index (κ3) is 3.95. The van der Waals surface area contributed by atoms with E-state index in [4.69, 9.17) is 0 Å². The van der Waals surface area contributed by atoms with Gasteiger partial charge in [0.25, 0.3) is 0 Å². The number of para-hydroxylation sites is 1. The molecule has 1 fully saturated rings. The summed E-state index contributed by atoms with van der Waals surface area (Å²) in [7, 11) is 0. The van der Waals surface area contributed by atoms with E-state index in [0.717, 1.165) is 31.9 Å². The molecule has 24 heavy (non-hydrogen) atoms. The lowest BCUT2D eigenvalue weighted by molar-refractivity contribution is -0.120. The number of hydrogen-bond donors (Lipinski definition) is 1. The van der Waals surface area contributed by atoms with Crippen molar-refractivity contribution in [3.8, 4) is 0 Å². The largest absolute Gasteiger partial charge is 0.369 e. The zero-order valence-corrected chi connectivity index (χ0v) is 14.4. The molecule has 1 N–H and O–H groups in total. The molecule has 1 saturated heterocycles. The zero-order valence-electron chi connectivity index (χ0n) is 14.4. The summed E-state index contributed by atoms with van der Waals surface area (Å²) in [6.07, 6.45) is 0. The Morgan fingerprint density at radius 3 is 2.21 bits per heavy atom. The van der Waals surface area contributed by atoms with Crippen LogP contribution in [0.5, 0.6) is 0 Å². The van der Waals surface area contributed by atoms with Gasteiger partial charge in [0.1, 0.15) is 0 Å². The Morgan fingerprint density at radius 1 is 0.958 bits per heavy atom. The molecule has 1 heterocycles. The van der Waals surface area contributed by atoms with Crippen LogP contribution in [0.2, 0.25) is 0 Å². The highest BCUT2D eigenvalue weighted by Gasteiger charge is 2.25. The number of rotatable bonds is 4. The molecule has 0 saturated carbocycles. The highest BCUT2D eigenvalue weighted by atomic mass is 16.2. The molecule has 2 aromatic rings. The number of benzene rings is 2. The third-order valence-corrected chi connectivity index (χ3v) is 4.68. The average Bonchev–Trinajstić information content (AvgIpc) is 2.63. The highest BCUT2D eigenvalue weighted by Crippen LogP contribution is 2.18. The first-order chi connectivity index (χ1) is 11.6. The first-order valence-electron chi connectivity index (χ1n) is 8.55. The first kappa shape index (κ1) is 16.5. The highest BCUT2D eigenvalue weighted by molar-refractivity contribution is 5.94. The fourth-order valence-corrected chi connectivity index (χ4v) is 3.06. The van der Waals surface area contributed by atoms with E-state index in [1.165, 1.54) is 11.3 Å². The Labute approximate surface area is 144 Å². The van der Waals surface area contributed by atoms with Crippen LogP contribution in [-0.4, -0.2) is 43.0 Å². The minimum Gasteiger partial charge on any atom is -0.369 e. The maximum Gasteiger partial charge on any atom is 0.241 e. The van der Waals surface area contributed by atoms with Crippen LogP contribution in [0.1, 0.15) is 12.5 Å². The number of aryl methyl sites for hydroxylation is 1. The molecule has 4 nitrogen and oxygen atoms in total. The van der Waals surface area contributed by atoms with E-state index < -0.39 is 0 Å². The third-order valence-electron chi connectivity index (χ3n) is 4.68. The van der Waals surface area contributed by atoms with Crippen molar-refractivity contribution in [3.05, 3.63) is 60.2 Å². The SMILES string of the molecule is Cc1ccc(N2CCN([C@H](C)C(=O)Nc3ccccc3)CC2)cc1. The van der Waals surface area contributed by atoms with Crippen molar-refractivity contribution in [2.45, 2.75) is 19.9 Å². The van der Waals surface area contributed by atoms with Crippen LogP contribution in [0.4, 0.5) is 11.4 Å². The van der Waals surface area contributed by atoms with E-state index in [0.29, 0.717) is 0 Å². The molecule has 1 atom stereocenters. The van der Waals surface area contributed by atoms with Crippen LogP contribution >= 0.6 is 0 Å². The van der Waals surface area contributed by atoms with Gasteiger partial charge in [-0.15, -0.1) is 0 Å². The summed E-state index contributed by atoms with van der Waals surface area (Å²) < 4.78 is 0. The molecule has 0 aromatic heterocycles. The Kier molecular flexibility index (Phi) is 5.16. The van der Waals surface area contributed by atoms with Crippen molar-refractivity contribution in [1.82, 2.24) is 4.90 Å². The van der Waals surface area contributed by atoms with E-state index in [-0.39, 0.29) is 11.9 Å². The number of amides is 1. The smallest absolute Gasteiger partial charge is 0.241 e. The molecule has 1 aliphatic rings. The molecule has 0 radical (unpaired) electrons. The predicted molar refractivity (Wildman–Crippen MR) is 99.5 cm³/mol. The second kappa shape index (κ2) is 7.49. The lowest BCUT2D eigenvalue weighted by Gasteiger charge is -2.38. The van der Waals surface area contributed by atoms with E-state index >= 15 is 0 Å². The number of anilines is 2. The minimum absolute atomic E-state index is 0.0602. The van der Waals surface area contributed by atoms with Crippen LogP contribution in [0, 0.1) is 6.92 Å². The summed E-state index contributed by atoms with van der Waals surface area (Å²) in [5.41, 5.74) is 3.40. The van der Waals surface area contributed by atoms with Crippen molar-refractivity contribution in [2.75, 3.05) is 36.4 Å². The lowest BCUT2D eigenvalue weighted by Crippen LogP contribution is -2.52. The molecule has 126 valence electrons. The maximum atomic E-state index is 12.4. The fraction of sp³-hybridized carbons (Fsp3) is 0.350. The van der Waals surface area contributed by atoms with Crippen molar-refractivity contribution >= 4 is 17.3 Å². The van der Waals surface area contributed by atoms with Gasteiger partial charge in [-0.05, 0) is 38.1 Å². The van der Waals surface area contributed by atoms with Gasteiger partial charge in [0.05, 0.1) is 6.04 Å². The Balaban J connectivity index is 1.54. The monoisotopic (exact) mass is 323 g/mol. The second-order valence-electron chi connectivity index (χ2n) is 6.39. The van der Waals surface area contributed by atoms with E-state index in [2.05, 4.69) is 46.3 Å². The molecule has 1 amide bonds. The standard InChI is InChI=1S/C20H25N3O/c1-16-8-10-19(11-9-16)23-14-12-22(13-15-23)17(2)20(24)21-18-6-4-3-5-7-18/h3-11,17H,12-15H2,1-2H3,(H,21,24)/t17-/m1/s1. The quantitative estimate of drug-likeness (QED) is 0.939. The lowest BCUT2D eigenvalue weighted by atomic mass is 10.1. The molecule has 0 spiro atoms. The number of nitrogens with one attached hydrogen (secondary N) is 1. The van der Waals surface area contributed by atoms with Crippen molar-refractivity contribution < 1.29 is 4.79 Å². The molecular weight excluding hydrogens is 298 g/mol. The minimum atomic E-state index is -0.120. The van der Waals surface area contributed by atoms with Crippen LogP contribution in [0.3, 0.4) is 0 Å². The Bertz CT molecular complexity index is 661. The van der Waals surface area contributed by atoms with Crippen LogP contribution in [0.25, 0.3) is 0 Å². The summed E-state index contributed by atoms with van der Waals surface area (Å²) >= 11 is 0. The van der Waals surface area contributed by atoms with Gasteiger partial charge in [0, 0.05) is 37.6 Å². The number of nitrogens with zero attached hydrogens (tertiary/aromatic N) is 2. The normalized spacial score (nSPS) is 16.7. The summed E-state index contributed by atoms with van der Waals surface area (Å²) in [5.74, 6) is 0.0602. The van der Waals surface area contributed by atoms with Crippen LogP contribution < -0.4 is 10.2 Å². The summed E-state index contributed by atoms with van der Waals surface area (Å²) in [6, 6.07) is 18.2. The number of hydrogen-bond acceptors (Lipinski definition) is 3. The topological polar surface area (TPSA) is 35.6 Å². The van der Waals surface area contributed by atoms with Gasteiger partial charge in [-0.2, -0.15) is 0 Å². The first-order valence-corrected chi connectivity index (χ1v) is 8.55. The summed E-state index contributed by atoms with van der Waals surface area (Å²) in [4.78, 5) is 17.1. The van der Waals surface area contributed by atoms with E-state index in [1.807, 2.05) is 37.3 Å². The Hall–Kier alpha value is -2.33. The van der Waals surface area contributed by atoms with Gasteiger partial charge in [-0.25, -0.2) is 0 Å². The molecule has 0 unspecified atom stereocenters. The molecule has 3 rings (SSSR count). The summed E-state index contributed by atoms with van der Waals surface area (Å²) in [6.45, 7) is 7.79. The number of carbonyl (C=O) groups is 1. The molecule has 0 bridgehead atoms. The number of carbonyl (C=O) groups excluding carboxylic acids is 1. The van der Waals surface area contributed by atoms with Crippen LogP contribution in [-0.2, 0) is 4.79 Å². The predicted octanol–water partition coefficient (Wildman–Crippen LogP) is 3.14. The van der Waals surface area contributed by atoms with Crippen LogP contribution in [0.15, 0.2) is 54.6 Å². The fourth-order valence-electron chi connectivity index (χ4n) is 3.06. The van der Waals surface area contributed by atoms with Gasteiger partial charge in [0.2, 0.25) is 5.91 Å². The van der Waals surface area contributed by atoms with Crippen molar-refractivity contribution in [2.24, 2.45) is 0 Å². The zero-order chi connectivity index (χ0) is 16.9. The average molecular weight is 323 g/mol. The van der Waals surface area contributed by atoms with Crippen molar-refractivity contribution in [3.63, 3.8) is 0 Å². The van der Waals surface area contributed by atoms with Crippen molar-refractivity contribution in [1.29, 1.82) is 0 Å². The molecule has 0 aliphatic carbocycles. The molecule has 2 aromatic carbocycles. The Morgan fingerprint density at radius 2 is 1.58 bits per heavy atom.